The molecule has 0 aromatic heterocycles. The number of rotatable bonds is 2. The Balaban J connectivity index is 2.47. The summed E-state index contributed by atoms with van der Waals surface area (Å²) in [4.78, 5) is 13.7. The van der Waals surface area contributed by atoms with E-state index in [2.05, 4.69) is 20.8 Å². The molecule has 0 aliphatic carbocycles. The second-order valence-electron chi connectivity index (χ2n) is 4.35. The van der Waals surface area contributed by atoms with Crippen LogP contribution in [0, 0.1) is 0 Å². The number of carbonyl (C=O) groups is 1. The topological polar surface area (TPSA) is 20.3 Å². The van der Waals surface area contributed by atoms with E-state index in [1.165, 1.54) is 17.3 Å². The molecule has 15 heavy (non-hydrogen) atoms. The maximum absolute atomic E-state index is 11.8. The van der Waals surface area contributed by atoms with Gasteiger partial charge in [0.15, 0.2) is 0 Å². The average molecular weight is 268 g/mol. The molecule has 0 bridgehead atoms. The Labute approximate surface area is 105 Å². The smallest absolute Gasteiger partial charge is 0.282 e. The van der Waals surface area contributed by atoms with Crippen molar-refractivity contribution in [2.75, 3.05) is 5.75 Å². The molecule has 5 heteroatoms. The quantitative estimate of drug-likeness (QED) is 0.753. The number of hydrogen-bond donors (Lipinski definition) is 0. The summed E-state index contributed by atoms with van der Waals surface area (Å²) in [5, 5.41) is 0.580. The molecular formula is C10H15Cl2NOS. The van der Waals surface area contributed by atoms with Gasteiger partial charge >= 0.3 is 0 Å². The van der Waals surface area contributed by atoms with Gasteiger partial charge in [-0.2, -0.15) is 0 Å². The van der Waals surface area contributed by atoms with Gasteiger partial charge in [-0.05, 0) is 27.2 Å². The molecule has 1 aliphatic rings. The van der Waals surface area contributed by atoms with Crippen LogP contribution >= 0.6 is 35.0 Å². The molecular weight excluding hydrogens is 253 g/mol. The highest BCUT2D eigenvalue weighted by molar-refractivity contribution is 8.13. The number of amides is 1. The Hall–Kier alpha value is 0.140. The Morgan fingerprint density at radius 1 is 1.67 bits per heavy atom. The summed E-state index contributed by atoms with van der Waals surface area (Å²) in [7, 11) is 0. The van der Waals surface area contributed by atoms with E-state index in [0.29, 0.717) is 16.8 Å². The van der Waals surface area contributed by atoms with Gasteiger partial charge in [-0.1, -0.05) is 35.0 Å². The number of thioether (sulfide) groups is 1. The predicted octanol–water partition coefficient (Wildman–Crippen LogP) is 4.03. The number of likely N-dealkylation sites (tertiary alicyclic amines) is 1. The van der Waals surface area contributed by atoms with Crippen LogP contribution in [-0.2, 0) is 0 Å². The first-order valence-corrected chi connectivity index (χ1v) is 6.59. The zero-order valence-corrected chi connectivity index (χ0v) is 11.4. The minimum Gasteiger partial charge on any atom is -0.326 e. The predicted molar refractivity (Wildman–Crippen MR) is 67.6 cm³/mol. The molecule has 0 aromatic rings. The highest BCUT2D eigenvalue weighted by atomic mass is 35.5. The molecule has 1 unspecified atom stereocenters. The minimum atomic E-state index is -0.0132. The summed E-state index contributed by atoms with van der Waals surface area (Å²) in [6.45, 7) is 6.21. The van der Waals surface area contributed by atoms with Gasteiger partial charge < -0.3 is 4.90 Å². The highest BCUT2D eigenvalue weighted by Gasteiger charge is 2.45. The molecule has 1 saturated heterocycles. The molecule has 1 heterocycles. The van der Waals surface area contributed by atoms with Gasteiger partial charge in [-0.3, -0.25) is 4.79 Å². The Bertz CT molecular complexity index is 291. The third-order valence-electron chi connectivity index (χ3n) is 2.54. The summed E-state index contributed by atoms with van der Waals surface area (Å²) < 4.78 is 0. The third-order valence-corrected chi connectivity index (χ3v) is 4.21. The van der Waals surface area contributed by atoms with Crippen LogP contribution < -0.4 is 0 Å². The lowest BCUT2D eigenvalue weighted by molar-refractivity contribution is 0.0135. The first-order valence-electron chi connectivity index (χ1n) is 4.79. The normalized spacial score (nSPS) is 25.0. The SMILES string of the molecule is CC1CC(C)(C)N1C(=O)SCC(Cl)=CCl. The lowest BCUT2D eigenvalue weighted by Gasteiger charge is -2.53. The van der Waals surface area contributed by atoms with E-state index >= 15 is 0 Å². The van der Waals surface area contributed by atoms with E-state index in [1.54, 1.807) is 0 Å². The second kappa shape index (κ2) is 4.98. The summed E-state index contributed by atoms with van der Waals surface area (Å²) in [6.07, 6.45) is 1.05. The van der Waals surface area contributed by atoms with E-state index in [9.17, 15) is 4.79 Å². The maximum atomic E-state index is 11.8. The van der Waals surface area contributed by atoms with Crippen LogP contribution in [0.2, 0.25) is 0 Å². The summed E-state index contributed by atoms with van der Waals surface area (Å²) in [5.74, 6) is 0.448. The van der Waals surface area contributed by atoms with Crippen molar-refractivity contribution in [1.29, 1.82) is 0 Å². The fraction of sp³-hybridized carbons (Fsp3) is 0.700. The van der Waals surface area contributed by atoms with Crippen LogP contribution in [0.4, 0.5) is 4.79 Å². The number of halogens is 2. The fourth-order valence-electron chi connectivity index (χ4n) is 2.06. The van der Waals surface area contributed by atoms with Crippen LogP contribution in [0.3, 0.4) is 0 Å². The van der Waals surface area contributed by atoms with Crippen molar-refractivity contribution in [1.82, 2.24) is 4.90 Å². The van der Waals surface area contributed by atoms with Crippen molar-refractivity contribution < 1.29 is 4.79 Å². The highest BCUT2D eigenvalue weighted by Crippen LogP contribution is 2.38. The van der Waals surface area contributed by atoms with Crippen LogP contribution in [0.15, 0.2) is 10.6 Å². The van der Waals surface area contributed by atoms with Crippen molar-refractivity contribution in [2.45, 2.75) is 38.8 Å². The zero-order valence-electron chi connectivity index (χ0n) is 9.09. The third kappa shape index (κ3) is 3.05. The Kier molecular flexibility index (Phi) is 4.38. The maximum Gasteiger partial charge on any atom is 0.282 e. The largest absolute Gasteiger partial charge is 0.326 e. The molecule has 0 radical (unpaired) electrons. The lowest BCUT2D eigenvalue weighted by atomic mass is 9.83. The molecule has 0 saturated carbocycles. The van der Waals surface area contributed by atoms with Crippen LogP contribution in [0.1, 0.15) is 27.2 Å². The van der Waals surface area contributed by atoms with Crippen molar-refractivity contribution in [3.05, 3.63) is 10.6 Å². The van der Waals surface area contributed by atoms with E-state index in [0.717, 1.165) is 6.42 Å². The Morgan fingerprint density at radius 3 is 2.67 bits per heavy atom. The van der Waals surface area contributed by atoms with Gasteiger partial charge in [0, 0.05) is 27.9 Å². The van der Waals surface area contributed by atoms with Crippen molar-refractivity contribution in [2.24, 2.45) is 0 Å². The molecule has 0 aromatic carbocycles. The van der Waals surface area contributed by atoms with Gasteiger partial charge in [0.2, 0.25) is 0 Å². The molecule has 1 amide bonds. The first-order chi connectivity index (χ1) is 6.88. The van der Waals surface area contributed by atoms with Gasteiger partial charge in [0.25, 0.3) is 5.24 Å². The summed E-state index contributed by atoms with van der Waals surface area (Å²) in [5.41, 5.74) is 1.28. The van der Waals surface area contributed by atoms with E-state index in [1.807, 2.05) is 4.90 Å². The monoisotopic (exact) mass is 267 g/mol. The zero-order chi connectivity index (χ0) is 11.6. The molecule has 1 aliphatic heterocycles. The number of nitrogens with zero attached hydrogens (tertiary/aromatic N) is 1. The van der Waals surface area contributed by atoms with Crippen LogP contribution in [0.25, 0.3) is 0 Å². The molecule has 2 nitrogen and oxygen atoms in total. The van der Waals surface area contributed by atoms with Gasteiger partial charge in [-0.25, -0.2) is 0 Å². The van der Waals surface area contributed by atoms with E-state index < -0.39 is 0 Å². The van der Waals surface area contributed by atoms with E-state index in [4.69, 9.17) is 23.2 Å². The Morgan fingerprint density at radius 2 is 2.27 bits per heavy atom. The van der Waals surface area contributed by atoms with Crippen molar-refractivity contribution in [3.8, 4) is 0 Å². The number of hydrogen-bond acceptors (Lipinski definition) is 2. The minimum absolute atomic E-state index is 0.0132. The van der Waals surface area contributed by atoms with Crippen molar-refractivity contribution in [3.63, 3.8) is 0 Å². The average Bonchev–Trinajstić information content (AvgIpc) is 2.12. The lowest BCUT2D eigenvalue weighted by Crippen LogP contribution is -2.62. The number of carbonyl (C=O) groups excluding carboxylic acids is 1. The molecule has 0 spiro atoms. The molecule has 1 atom stereocenters. The summed E-state index contributed by atoms with van der Waals surface area (Å²) in [6, 6.07) is 0.332. The van der Waals surface area contributed by atoms with Gasteiger partial charge in [0.05, 0.1) is 0 Å². The molecule has 1 rings (SSSR count). The van der Waals surface area contributed by atoms with Gasteiger partial charge in [0.1, 0.15) is 0 Å². The molecule has 1 fully saturated rings. The standard InChI is InChI=1S/C10H15Cl2NOS/c1-7-4-10(2,3)13(7)9(14)15-6-8(12)5-11/h5,7H,4,6H2,1-3H3. The van der Waals surface area contributed by atoms with Gasteiger partial charge in [-0.15, -0.1) is 0 Å². The summed E-state index contributed by atoms with van der Waals surface area (Å²) >= 11 is 12.3. The van der Waals surface area contributed by atoms with Crippen molar-refractivity contribution >= 4 is 40.2 Å². The van der Waals surface area contributed by atoms with Crippen LogP contribution in [-0.4, -0.2) is 27.5 Å². The molecule has 0 N–H and O–H groups in total. The van der Waals surface area contributed by atoms with E-state index in [-0.39, 0.29) is 10.8 Å². The second-order valence-corrected chi connectivity index (χ2v) is 5.98. The van der Waals surface area contributed by atoms with Crippen LogP contribution in [0.5, 0.6) is 0 Å². The first kappa shape index (κ1) is 13.2. The molecule has 86 valence electrons. The fourth-order valence-corrected chi connectivity index (χ4v) is 3.30.